The fourth-order valence-electron chi connectivity index (χ4n) is 13.1. The van der Waals surface area contributed by atoms with E-state index in [9.17, 15) is 0 Å². The minimum Gasteiger partial charge on any atom is -0.310 e. The lowest BCUT2D eigenvalue weighted by Crippen LogP contribution is -2.43. The molecule has 2 nitrogen and oxygen atoms in total. The van der Waals surface area contributed by atoms with Gasteiger partial charge in [-0.2, -0.15) is 0 Å². The van der Waals surface area contributed by atoms with Crippen LogP contribution >= 0.6 is 0 Å². The van der Waals surface area contributed by atoms with Crippen LogP contribution in [0, 0.1) is 53.4 Å². The summed E-state index contributed by atoms with van der Waals surface area (Å²) in [6.07, 6.45) is 12.1. The summed E-state index contributed by atoms with van der Waals surface area (Å²) < 4.78 is 0. The van der Waals surface area contributed by atoms with E-state index in [-0.39, 0.29) is 10.8 Å². The Bertz CT molecular complexity index is 2370. The van der Waals surface area contributed by atoms with Gasteiger partial charge in [0, 0.05) is 33.6 Å². The molecule has 2 saturated carbocycles. The second-order valence-electron chi connectivity index (χ2n) is 20.4. The van der Waals surface area contributed by atoms with Crippen LogP contribution in [0.2, 0.25) is 0 Å². The third-order valence-electron chi connectivity index (χ3n) is 15.3. The molecule has 0 bridgehead atoms. The van der Waals surface area contributed by atoms with Crippen molar-refractivity contribution in [2.24, 2.45) is 11.8 Å². The highest BCUT2D eigenvalue weighted by Gasteiger charge is 2.65. The molecular formula is C60H70N2. The fraction of sp³-hybridized carbons (Fsp3) is 0.400. The Morgan fingerprint density at radius 3 is 1.08 bits per heavy atom. The van der Waals surface area contributed by atoms with Gasteiger partial charge in [-0.25, -0.2) is 0 Å². The average molecular weight is 819 g/mol. The van der Waals surface area contributed by atoms with Gasteiger partial charge in [0.1, 0.15) is 0 Å². The van der Waals surface area contributed by atoms with Crippen LogP contribution in [-0.4, -0.2) is 0 Å². The molecule has 62 heavy (non-hydrogen) atoms. The molecular weight excluding hydrogens is 749 g/mol. The van der Waals surface area contributed by atoms with E-state index in [1.165, 1.54) is 141 Å². The number of hydrogen-bond acceptors (Lipinski definition) is 2. The van der Waals surface area contributed by atoms with Gasteiger partial charge in [-0.3, -0.25) is 0 Å². The van der Waals surface area contributed by atoms with Crippen molar-refractivity contribution in [2.45, 2.75) is 144 Å². The molecule has 2 heteroatoms. The third kappa shape index (κ3) is 7.10. The Hall–Kier alpha value is -5.08. The number of nitrogens with zero attached hydrogens (tertiary/aromatic N) is 2. The zero-order chi connectivity index (χ0) is 43.5. The molecule has 6 aromatic carbocycles. The molecule has 3 aliphatic rings. The van der Waals surface area contributed by atoms with Crippen LogP contribution in [-0.2, 0) is 23.7 Å². The van der Waals surface area contributed by atoms with E-state index in [1.54, 1.807) is 11.1 Å². The van der Waals surface area contributed by atoms with Gasteiger partial charge in [-0.15, -0.1) is 0 Å². The highest BCUT2D eigenvalue weighted by molar-refractivity contribution is 5.89. The van der Waals surface area contributed by atoms with Gasteiger partial charge >= 0.3 is 0 Å². The third-order valence-corrected chi connectivity index (χ3v) is 15.3. The standard InChI is InChI=1S/C60H70N2/c1-11-13-15-47-29-43(7)57(44(8)30-47)61(49-21-17-39(3)18-22-49)51-25-27-53-54-28-26-52(34-56(54)60-37-41(5)35-59(60,55(53)33-51)36-42(6)38-60)62(50-23-19-40(4)20-24-50)58-45(9)31-48(16-14-12-2)32-46(58)10/h17-34,41-42H,11-16,35-38H2,1-10H3. The Labute approximate surface area is 374 Å². The SMILES string of the molecule is CCCCc1cc(C)c(N(c2ccc(C)cc2)c2ccc3c(c2)C24CC(C)CC2(CC(C)C4)c2cc(N(c4ccc(C)cc4)c4c(C)cc(CCCC)cc4C)ccc2-3)c(C)c1. The molecule has 0 heterocycles. The molecule has 0 spiro atoms. The average Bonchev–Trinajstić information content (AvgIpc) is 3.70. The first-order valence-electron chi connectivity index (χ1n) is 24.1. The van der Waals surface area contributed by atoms with Crippen molar-refractivity contribution in [3.8, 4) is 11.1 Å². The molecule has 0 aliphatic heterocycles. The summed E-state index contributed by atoms with van der Waals surface area (Å²) in [5, 5.41) is 0. The van der Waals surface area contributed by atoms with Gasteiger partial charge in [-0.05, 0) is 209 Å². The van der Waals surface area contributed by atoms with Crippen LogP contribution in [0.5, 0.6) is 0 Å². The number of unbranched alkanes of at least 4 members (excludes halogenated alkanes) is 2. The summed E-state index contributed by atoms with van der Waals surface area (Å²) in [7, 11) is 0. The summed E-state index contributed by atoms with van der Waals surface area (Å²) in [5.41, 5.74) is 24.7. The van der Waals surface area contributed by atoms with E-state index >= 15 is 0 Å². The van der Waals surface area contributed by atoms with Gasteiger partial charge < -0.3 is 9.80 Å². The molecule has 0 N–H and O–H groups in total. The highest BCUT2D eigenvalue weighted by Crippen LogP contribution is 2.72. The lowest BCUT2D eigenvalue weighted by Gasteiger charge is -2.48. The van der Waals surface area contributed by atoms with Crippen molar-refractivity contribution in [1.29, 1.82) is 0 Å². The molecule has 9 rings (SSSR count). The topological polar surface area (TPSA) is 6.48 Å². The number of benzene rings is 6. The van der Waals surface area contributed by atoms with Crippen LogP contribution in [0.1, 0.15) is 135 Å². The summed E-state index contributed by atoms with van der Waals surface area (Å²) in [6, 6.07) is 43.5. The lowest BCUT2D eigenvalue weighted by molar-refractivity contribution is 0.299. The predicted octanol–water partition coefficient (Wildman–Crippen LogP) is 17.2. The van der Waals surface area contributed by atoms with Crippen molar-refractivity contribution in [3.05, 3.63) is 165 Å². The smallest absolute Gasteiger partial charge is 0.0520 e. The monoisotopic (exact) mass is 819 g/mol. The Morgan fingerprint density at radius 2 is 0.758 bits per heavy atom. The summed E-state index contributed by atoms with van der Waals surface area (Å²) >= 11 is 0. The van der Waals surface area contributed by atoms with Crippen molar-refractivity contribution in [1.82, 2.24) is 0 Å². The number of rotatable bonds is 12. The second kappa shape index (κ2) is 16.6. The minimum absolute atomic E-state index is 0.0806. The molecule has 0 atom stereocenters. The van der Waals surface area contributed by atoms with Crippen molar-refractivity contribution < 1.29 is 0 Å². The number of hydrogen-bond donors (Lipinski definition) is 0. The molecule has 0 unspecified atom stereocenters. The maximum atomic E-state index is 2.66. The first-order valence-corrected chi connectivity index (χ1v) is 24.1. The second-order valence-corrected chi connectivity index (χ2v) is 20.4. The lowest BCUT2D eigenvalue weighted by atomic mass is 9.55. The Morgan fingerprint density at radius 1 is 0.435 bits per heavy atom. The summed E-state index contributed by atoms with van der Waals surface area (Å²) in [4.78, 5) is 5.17. The molecule has 0 aromatic heterocycles. The number of anilines is 6. The van der Waals surface area contributed by atoms with Crippen LogP contribution in [0.15, 0.2) is 109 Å². The number of aryl methyl sites for hydroxylation is 8. The zero-order valence-corrected chi connectivity index (χ0v) is 39.5. The van der Waals surface area contributed by atoms with Crippen LogP contribution < -0.4 is 9.80 Å². The molecule has 0 radical (unpaired) electrons. The zero-order valence-electron chi connectivity index (χ0n) is 39.5. The van der Waals surface area contributed by atoms with Gasteiger partial charge in [0.05, 0.1) is 11.4 Å². The molecule has 3 aliphatic carbocycles. The molecule has 320 valence electrons. The molecule has 6 aromatic rings. The molecule has 0 saturated heterocycles. The first kappa shape index (κ1) is 42.2. The van der Waals surface area contributed by atoms with Gasteiger partial charge in [0.15, 0.2) is 0 Å². The van der Waals surface area contributed by atoms with Crippen LogP contribution in [0.3, 0.4) is 0 Å². The Kier molecular flexibility index (Phi) is 11.3. The number of fused-ring (bicyclic) bond motifs is 3. The fourth-order valence-corrected chi connectivity index (χ4v) is 13.1. The quantitative estimate of drug-likeness (QED) is 0.121. The first-order chi connectivity index (χ1) is 29.9. The highest BCUT2D eigenvalue weighted by atomic mass is 15.2. The van der Waals surface area contributed by atoms with E-state index in [4.69, 9.17) is 0 Å². The van der Waals surface area contributed by atoms with E-state index < -0.39 is 0 Å². The summed E-state index contributed by atoms with van der Waals surface area (Å²) in [5.74, 6) is 1.30. The van der Waals surface area contributed by atoms with Gasteiger partial charge in [0.25, 0.3) is 0 Å². The van der Waals surface area contributed by atoms with Crippen molar-refractivity contribution in [3.63, 3.8) is 0 Å². The van der Waals surface area contributed by atoms with E-state index in [0.717, 1.165) is 12.8 Å². The molecule has 2 fully saturated rings. The normalized spacial score (nSPS) is 21.0. The Balaban J connectivity index is 1.24. The predicted molar refractivity (Wildman–Crippen MR) is 267 cm³/mol. The van der Waals surface area contributed by atoms with Crippen LogP contribution in [0.25, 0.3) is 11.1 Å². The van der Waals surface area contributed by atoms with Crippen LogP contribution in [0.4, 0.5) is 34.1 Å². The van der Waals surface area contributed by atoms with Gasteiger partial charge in [0.2, 0.25) is 0 Å². The summed E-state index contributed by atoms with van der Waals surface area (Å²) in [6.45, 7) is 23.4. The van der Waals surface area contributed by atoms with E-state index in [2.05, 4.69) is 188 Å². The van der Waals surface area contributed by atoms with Crippen molar-refractivity contribution in [2.75, 3.05) is 9.80 Å². The largest absolute Gasteiger partial charge is 0.310 e. The maximum absolute atomic E-state index is 2.66. The van der Waals surface area contributed by atoms with E-state index in [1.807, 2.05) is 0 Å². The molecule has 0 amide bonds. The van der Waals surface area contributed by atoms with Gasteiger partial charge in [-0.1, -0.05) is 112 Å². The maximum Gasteiger partial charge on any atom is 0.0520 e. The van der Waals surface area contributed by atoms with Crippen molar-refractivity contribution >= 4 is 34.1 Å². The minimum atomic E-state index is 0.0806. The van der Waals surface area contributed by atoms with E-state index in [0.29, 0.717) is 11.8 Å².